The molecule has 104 valence electrons. The molecule has 19 heavy (non-hydrogen) atoms. The number of carbonyl (C=O) groups excluding carboxylic acids is 1. The lowest BCUT2D eigenvalue weighted by molar-refractivity contribution is -0.128. The van der Waals surface area contributed by atoms with E-state index in [0.717, 1.165) is 12.0 Å². The van der Waals surface area contributed by atoms with Gasteiger partial charge in [-0.1, -0.05) is 29.8 Å². The summed E-state index contributed by atoms with van der Waals surface area (Å²) in [5.74, 6) is 0.281. The molecule has 0 radical (unpaired) electrons. The Morgan fingerprint density at radius 3 is 2.26 bits per heavy atom. The molecule has 1 unspecified atom stereocenters. The van der Waals surface area contributed by atoms with Crippen LogP contribution in [-0.2, 0) is 16.0 Å². The lowest BCUT2D eigenvalue weighted by Gasteiger charge is -2.26. The Morgan fingerprint density at radius 1 is 1.21 bits per heavy atom. The molecule has 0 amide bonds. The minimum atomic E-state index is -0.356. The molecule has 1 atom stereocenters. The van der Waals surface area contributed by atoms with Crippen molar-refractivity contribution in [3.8, 4) is 0 Å². The van der Waals surface area contributed by atoms with Gasteiger partial charge in [0.2, 0.25) is 0 Å². The fraction of sp³-hybridized carbons (Fsp3) is 0.588. The molecule has 1 aromatic carbocycles. The average molecular weight is 260 g/mol. The third-order valence-corrected chi connectivity index (χ3v) is 3.96. The number of hydrogen-bond donors (Lipinski definition) is 0. The van der Waals surface area contributed by atoms with Gasteiger partial charge < -0.3 is 4.74 Å². The van der Waals surface area contributed by atoms with E-state index in [0.29, 0.717) is 12.2 Å². The number of aryl methyl sites for hydroxylation is 1. The highest BCUT2D eigenvalue weighted by Gasteiger charge is 2.48. The third kappa shape index (κ3) is 3.24. The second-order valence-corrected chi connectivity index (χ2v) is 6.85. The van der Waals surface area contributed by atoms with Gasteiger partial charge in [-0.3, -0.25) is 4.79 Å². The van der Waals surface area contributed by atoms with Crippen molar-refractivity contribution in [2.45, 2.75) is 58.7 Å². The van der Waals surface area contributed by atoms with Crippen LogP contribution in [0.3, 0.4) is 0 Å². The van der Waals surface area contributed by atoms with Gasteiger partial charge in [0.25, 0.3) is 0 Å². The standard InChI is InChI=1S/C17H24O2/c1-12-6-8-13(9-7-12)10-15(18)14-11-16(2,3)19-17(14,4)5/h6-9,14H,10-11H2,1-5H3. The summed E-state index contributed by atoms with van der Waals surface area (Å²) in [7, 11) is 0. The largest absolute Gasteiger partial charge is 0.369 e. The molecule has 2 nitrogen and oxygen atoms in total. The maximum absolute atomic E-state index is 12.5. The second kappa shape index (κ2) is 4.75. The van der Waals surface area contributed by atoms with Crippen LogP contribution in [0.2, 0.25) is 0 Å². The van der Waals surface area contributed by atoms with Crippen molar-refractivity contribution in [1.82, 2.24) is 0 Å². The van der Waals surface area contributed by atoms with Crippen LogP contribution in [0.4, 0.5) is 0 Å². The predicted molar refractivity (Wildman–Crippen MR) is 77.2 cm³/mol. The van der Waals surface area contributed by atoms with Gasteiger partial charge in [0, 0.05) is 12.3 Å². The Kier molecular flexibility index (Phi) is 3.57. The fourth-order valence-electron chi connectivity index (χ4n) is 3.09. The van der Waals surface area contributed by atoms with Gasteiger partial charge in [-0.05, 0) is 46.6 Å². The summed E-state index contributed by atoms with van der Waals surface area (Å²) in [6.07, 6.45) is 1.32. The smallest absolute Gasteiger partial charge is 0.143 e. The highest BCUT2D eigenvalue weighted by molar-refractivity contribution is 5.84. The van der Waals surface area contributed by atoms with Gasteiger partial charge in [0.1, 0.15) is 5.78 Å². The van der Waals surface area contributed by atoms with Crippen molar-refractivity contribution in [3.63, 3.8) is 0 Å². The molecule has 0 aromatic heterocycles. The van der Waals surface area contributed by atoms with Crippen molar-refractivity contribution in [3.05, 3.63) is 35.4 Å². The normalized spacial score (nSPS) is 24.4. The van der Waals surface area contributed by atoms with E-state index >= 15 is 0 Å². The van der Waals surface area contributed by atoms with Gasteiger partial charge in [-0.25, -0.2) is 0 Å². The van der Waals surface area contributed by atoms with Crippen LogP contribution < -0.4 is 0 Å². The zero-order valence-electron chi connectivity index (χ0n) is 12.6. The van der Waals surface area contributed by atoms with Crippen LogP contribution in [0.15, 0.2) is 24.3 Å². The first-order chi connectivity index (χ1) is 8.70. The molecule has 0 N–H and O–H groups in total. The second-order valence-electron chi connectivity index (χ2n) is 6.85. The molecule has 1 saturated heterocycles. The summed E-state index contributed by atoms with van der Waals surface area (Å²) >= 11 is 0. The third-order valence-electron chi connectivity index (χ3n) is 3.96. The monoisotopic (exact) mass is 260 g/mol. The molecule has 1 aliphatic rings. The molecule has 0 saturated carbocycles. The molecule has 0 spiro atoms. The van der Waals surface area contributed by atoms with Crippen LogP contribution >= 0.6 is 0 Å². The molecular weight excluding hydrogens is 236 g/mol. The topological polar surface area (TPSA) is 26.3 Å². The van der Waals surface area contributed by atoms with Crippen LogP contribution in [0.1, 0.15) is 45.2 Å². The van der Waals surface area contributed by atoms with E-state index in [4.69, 9.17) is 4.74 Å². The molecule has 0 bridgehead atoms. The SMILES string of the molecule is Cc1ccc(CC(=O)C2CC(C)(C)OC2(C)C)cc1. The van der Waals surface area contributed by atoms with E-state index in [9.17, 15) is 4.79 Å². The summed E-state index contributed by atoms with van der Waals surface area (Å²) in [5, 5.41) is 0. The van der Waals surface area contributed by atoms with E-state index in [1.807, 2.05) is 26.0 Å². The lowest BCUT2D eigenvalue weighted by Crippen LogP contribution is -2.34. The first kappa shape index (κ1) is 14.3. The minimum absolute atomic E-state index is 0.0104. The quantitative estimate of drug-likeness (QED) is 0.828. The fourth-order valence-corrected chi connectivity index (χ4v) is 3.09. The first-order valence-corrected chi connectivity index (χ1v) is 6.98. The molecule has 1 fully saturated rings. The van der Waals surface area contributed by atoms with Crippen molar-refractivity contribution in [2.24, 2.45) is 5.92 Å². The Hall–Kier alpha value is -1.15. The number of rotatable bonds is 3. The molecule has 1 aromatic rings. The van der Waals surface area contributed by atoms with Gasteiger partial charge >= 0.3 is 0 Å². The highest BCUT2D eigenvalue weighted by Crippen LogP contribution is 2.42. The summed E-state index contributed by atoms with van der Waals surface area (Å²) < 4.78 is 6.01. The Bertz CT molecular complexity index is 469. The average Bonchev–Trinajstić information content (AvgIpc) is 2.50. The van der Waals surface area contributed by atoms with Crippen LogP contribution in [0, 0.1) is 12.8 Å². The summed E-state index contributed by atoms with van der Waals surface area (Å²) in [5.41, 5.74) is 1.76. The first-order valence-electron chi connectivity index (χ1n) is 6.98. The Labute approximate surface area is 116 Å². The van der Waals surface area contributed by atoms with E-state index in [1.165, 1.54) is 5.56 Å². The zero-order chi connectivity index (χ0) is 14.3. The van der Waals surface area contributed by atoms with Crippen molar-refractivity contribution in [1.29, 1.82) is 0 Å². The minimum Gasteiger partial charge on any atom is -0.369 e. The van der Waals surface area contributed by atoms with Gasteiger partial charge in [0.05, 0.1) is 11.2 Å². The summed E-state index contributed by atoms with van der Waals surface area (Å²) in [6, 6.07) is 8.20. The number of carbonyl (C=O) groups is 1. The zero-order valence-corrected chi connectivity index (χ0v) is 12.6. The van der Waals surface area contributed by atoms with Gasteiger partial charge in [0.15, 0.2) is 0 Å². The molecule has 2 heteroatoms. The maximum atomic E-state index is 12.5. The van der Waals surface area contributed by atoms with Crippen molar-refractivity contribution in [2.75, 3.05) is 0 Å². The van der Waals surface area contributed by atoms with Gasteiger partial charge in [-0.2, -0.15) is 0 Å². The molecule has 1 heterocycles. The molecular formula is C17H24O2. The van der Waals surface area contributed by atoms with Gasteiger partial charge in [-0.15, -0.1) is 0 Å². The Morgan fingerprint density at radius 2 is 1.79 bits per heavy atom. The molecule has 0 aliphatic carbocycles. The van der Waals surface area contributed by atoms with Crippen LogP contribution in [0.5, 0.6) is 0 Å². The molecule has 1 aliphatic heterocycles. The van der Waals surface area contributed by atoms with Crippen LogP contribution in [0.25, 0.3) is 0 Å². The predicted octanol–water partition coefficient (Wildman–Crippen LogP) is 3.70. The van der Waals surface area contributed by atoms with E-state index < -0.39 is 0 Å². The maximum Gasteiger partial charge on any atom is 0.143 e. The van der Waals surface area contributed by atoms with E-state index in [2.05, 4.69) is 32.9 Å². The van der Waals surface area contributed by atoms with E-state index in [-0.39, 0.29) is 17.1 Å². The number of Topliss-reactive ketones (excluding diaryl/α,β-unsaturated/α-hetero) is 1. The van der Waals surface area contributed by atoms with Crippen molar-refractivity contribution >= 4 is 5.78 Å². The van der Waals surface area contributed by atoms with Crippen LogP contribution in [-0.4, -0.2) is 17.0 Å². The highest BCUT2D eigenvalue weighted by atomic mass is 16.5. The van der Waals surface area contributed by atoms with E-state index in [1.54, 1.807) is 0 Å². The number of hydrogen-bond acceptors (Lipinski definition) is 2. The molecule has 2 rings (SSSR count). The number of ether oxygens (including phenoxy) is 1. The number of benzene rings is 1. The van der Waals surface area contributed by atoms with Crippen molar-refractivity contribution < 1.29 is 9.53 Å². The number of ketones is 1. The summed E-state index contributed by atoms with van der Waals surface area (Å²) in [6.45, 7) is 10.2. The lowest BCUT2D eigenvalue weighted by atomic mass is 9.82. The Balaban J connectivity index is 2.10. The summed E-state index contributed by atoms with van der Waals surface area (Å²) in [4.78, 5) is 12.5.